The fourth-order valence-electron chi connectivity index (χ4n) is 1.29. The Kier molecular flexibility index (Phi) is 3.79. The van der Waals surface area contributed by atoms with Gasteiger partial charge in [-0.3, -0.25) is 4.79 Å². The lowest BCUT2D eigenvalue weighted by molar-refractivity contribution is -0.127. The van der Waals surface area contributed by atoms with E-state index in [4.69, 9.17) is 9.47 Å². The number of rotatable bonds is 4. The number of ether oxygens (including phenoxy) is 2. The van der Waals surface area contributed by atoms with Crippen molar-refractivity contribution in [2.75, 3.05) is 19.8 Å². The molecule has 0 aromatic heterocycles. The summed E-state index contributed by atoms with van der Waals surface area (Å²) in [6, 6.07) is 7.54. The molecule has 1 aliphatic heterocycles. The van der Waals surface area contributed by atoms with Gasteiger partial charge >= 0.3 is 0 Å². The van der Waals surface area contributed by atoms with Crippen molar-refractivity contribution >= 4 is 21.8 Å². The summed E-state index contributed by atoms with van der Waals surface area (Å²) in [5, 5.41) is 2.80. The van der Waals surface area contributed by atoms with Gasteiger partial charge in [-0.2, -0.15) is 0 Å². The highest BCUT2D eigenvalue weighted by Gasteiger charge is 2.20. The first-order chi connectivity index (χ1) is 7.74. The van der Waals surface area contributed by atoms with Gasteiger partial charge in [-0.25, -0.2) is 0 Å². The minimum atomic E-state index is -0.117. The van der Waals surface area contributed by atoms with Crippen LogP contribution in [0.4, 0.5) is 0 Å². The fraction of sp³-hybridized carbons (Fsp3) is 0.364. The topological polar surface area (TPSA) is 47.6 Å². The molecule has 5 heteroatoms. The van der Waals surface area contributed by atoms with E-state index in [1.807, 2.05) is 24.3 Å². The van der Waals surface area contributed by atoms with Crippen LogP contribution in [0.5, 0.6) is 5.75 Å². The lowest BCUT2D eigenvalue weighted by Gasteiger charge is -2.26. The molecule has 0 aliphatic carbocycles. The minimum Gasteiger partial charge on any atom is -0.484 e. The van der Waals surface area contributed by atoms with Crippen LogP contribution < -0.4 is 10.1 Å². The van der Waals surface area contributed by atoms with Gasteiger partial charge < -0.3 is 14.8 Å². The predicted octanol–water partition coefficient (Wildman–Crippen LogP) is 1.34. The molecule has 16 heavy (non-hydrogen) atoms. The van der Waals surface area contributed by atoms with Crippen LogP contribution in [0.3, 0.4) is 0 Å². The Morgan fingerprint density at radius 3 is 3.00 bits per heavy atom. The lowest BCUT2D eigenvalue weighted by Crippen LogP contribution is -2.49. The van der Waals surface area contributed by atoms with E-state index < -0.39 is 0 Å². The van der Waals surface area contributed by atoms with Crippen LogP contribution in [0, 0.1) is 0 Å². The van der Waals surface area contributed by atoms with E-state index in [2.05, 4.69) is 21.2 Å². The average molecular weight is 286 g/mol. The van der Waals surface area contributed by atoms with Crippen molar-refractivity contribution in [2.45, 2.75) is 6.04 Å². The standard InChI is InChI=1S/C11H12BrNO3/c12-8-2-1-3-10(4-8)16-7-11(14)13-9-5-15-6-9/h1-4,9H,5-7H2,(H,13,14). The molecule has 1 N–H and O–H groups in total. The Labute approximate surface area is 102 Å². The second kappa shape index (κ2) is 5.32. The Bertz CT molecular complexity index is 379. The smallest absolute Gasteiger partial charge is 0.258 e. The molecular formula is C11H12BrNO3. The maximum absolute atomic E-state index is 11.4. The van der Waals surface area contributed by atoms with E-state index in [0.29, 0.717) is 19.0 Å². The Hall–Kier alpha value is -1.07. The quantitative estimate of drug-likeness (QED) is 0.908. The highest BCUT2D eigenvalue weighted by molar-refractivity contribution is 9.10. The van der Waals surface area contributed by atoms with Gasteiger partial charge in [-0.05, 0) is 18.2 Å². The highest BCUT2D eigenvalue weighted by Crippen LogP contribution is 2.17. The van der Waals surface area contributed by atoms with Crippen LogP contribution in [0.1, 0.15) is 0 Å². The zero-order chi connectivity index (χ0) is 11.4. The first-order valence-corrected chi connectivity index (χ1v) is 5.79. The molecule has 0 saturated carbocycles. The Morgan fingerprint density at radius 1 is 1.56 bits per heavy atom. The van der Waals surface area contributed by atoms with Gasteiger partial charge in [0.2, 0.25) is 0 Å². The first kappa shape index (κ1) is 11.4. The third kappa shape index (κ3) is 3.21. The number of benzene rings is 1. The highest BCUT2D eigenvalue weighted by atomic mass is 79.9. The molecule has 0 radical (unpaired) electrons. The lowest BCUT2D eigenvalue weighted by atomic mass is 10.2. The van der Waals surface area contributed by atoms with E-state index in [1.165, 1.54) is 0 Å². The third-order valence-corrected chi connectivity index (χ3v) is 2.66. The van der Waals surface area contributed by atoms with Crippen molar-refractivity contribution in [3.63, 3.8) is 0 Å². The van der Waals surface area contributed by atoms with Crippen LogP contribution >= 0.6 is 15.9 Å². The van der Waals surface area contributed by atoms with Crippen molar-refractivity contribution in [1.82, 2.24) is 5.32 Å². The first-order valence-electron chi connectivity index (χ1n) is 4.99. The number of carbonyl (C=O) groups excluding carboxylic acids is 1. The normalized spacial score (nSPS) is 15.3. The van der Waals surface area contributed by atoms with Crippen molar-refractivity contribution < 1.29 is 14.3 Å². The molecule has 0 unspecified atom stereocenters. The Balaban J connectivity index is 1.75. The molecule has 2 rings (SSSR count). The largest absolute Gasteiger partial charge is 0.484 e. The average Bonchev–Trinajstić information content (AvgIpc) is 2.21. The molecule has 1 amide bonds. The summed E-state index contributed by atoms with van der Waals surface area (Å²) < 4.78 is 11.2. The molecule has 1 aromatic carbocycles. The summed E-state index contributed by atoms with van der Waals surface area (Å²) in [5.74, 6) is 0.558. The summed E-state index contributed by atoms with van der Waals surface area (Å²) >= 11 is 3.33. The van der Waals surface area contributed by atoms with Crippen molar-refractivity contribution in [3.05, 3.63) is 28.7 Å². The zero-order valence-corrected chi connectivity index (χ0v) is 10.2. The molecule has 0 bridgehead atoms. The maximum Gasteiger partial charge on any atom is 0.258 e. The van der Waals surface area contributed by atoms with Gasteiger partial charge in [0.15, 0.2) is 6.61 Å². The predicted molar refractivity (Wildman–Crippen MR) is 62.4 cm³/mol. The number of hydrogen-bond donors (Lipinski definition) is 1. The number of amides is 1. The maximum atomic E-state index is 11.4. The van der Waals surface area contributed by atoms with Crippen LogP contribution in [0.2, 0.25) is 0 Å². The van der Waals surface area contributed by atoms with E-state index in [1.54, 1.807) is 0 Å². The second-order valence-electron chi connectivity index (χ2n) is 3.55. The van der Waals surface area contributed by atoms with Gasteiger partial charge in [-0.15, -0.1) is 0 Å². The monoisotopic (exact) mass is 285 g/mol. The Morgan fingerprint density at radius 2 is 2.38 bits per heavy atom. The molecule has 1 saturated heterocycles. The fourth-order valence-corrected chi connectivity index (χ4v) is 1.67. The van der Waals surface area contributed by atoms with Crippen molar-refractivity contribution in [3.8, 4) is 5.75 Å². The molecule has 4 nitrogen and oxygen atoms in total. The molecule has 0 spiro atoms. The number of hydrogen-bond acceptors (Lipinski definition) is 3. The van der Waals surface area contributed by atoms with Gasteiger partial charge in [0.1, 0.15) is 5.75 Å². The van der Waals surface area contributed by atoms with E-state index in [9.17, 15) is 4.79 Å². The molecule has 0 atom stereocenters. The molecule has 86 valence electrons. The van der Waals surface area contributed by atoms with Crippen molar-refractivity contribution in [1.29, 1.82) is 0 Å². The molecule has 1 aromatic rings. The van der Waals surface area contributed by atoms with Crippen LogP contribution in [-0.4, -0.2) is 31.8 Å². The van der Waals surface area contributed by atoms with Gasteiger partial charge in [0.05, 0.1) is 19.3 Å². The zero-order valence-electron chi connectivity index (χ0n) is 8.61. The summed E-state index contributed by atoms with van der Waals surface area (Å²) in [6.45, 7) is 1.23. The molecular weight excluding hydrogens is 274 g/mol. The molecule has 1 fully saturated rings. The summed E-state index contributed by atoms with van der Waals surface area (Å²) in [7, 11) is 0. The number of nitrogens with one attached hydrogen (secondary N) is 1. The third-order valence-electron chi connectivity index (χ3n) is 2.17. The van der Waals surface area contributed by atoms with Crippen LogP contribution in [-0.2, 0) is 9.53 Å². The summed E-state index contributed by atoms with van der Waals surface area (Å²) in [5.41, 5.74) is 0. The van der Waals surface area contributed by atoms with Gasteiger partial charge in [0, 0.05) is 4.47 Å². The number of halogens is 1. The summed E-state index contributed by atoms with van der Waals surface area (Å²) in [4.78, 5) is 11.4. The van der Waals surface area contributed by atoms with E-state index in [-0.39, 0.29) is 18.6 Å². The molecule has 1 heterocycles. The molecule has 1 aliphatic rings. The van der Waals surface area contributed by atoms with E-state index in [0.717, 1.165) is 4.47 Å². The van der Waals surface area contributed by atoms with Gasteiger partial charge in [-0.1, -0.05) is 22.0 Å². The van der Waals surface area contributed by atoms with Gasteiger partial charge in [0.25, 0.3) is 5.91 Å². The SMILES string of the molecule is O=C(COc1cccc(Br)c1)NC1COC1. The van der Waals surface area contributed by atoms with Crippen LogP contribution in [0.15, 0.2) is 28.7 Å². The minimum absolute atomic E-state index is 0.0347. The van der Waals surface area contributed by atoms with E-state index >= 15 is 0 Å². The van der Waals surface area contributed by atoms with Crippen LogP contribution in [0.25, 0.3) is 0 Å². The number of carbonyl (C=O) groups is 1. The second-order valence-corrected chi connectivity index (χ2v) is 4.46. The van der Waals surface area contributed by atoms with Crippen molar-refractivity contribution in [2.24, 2.45) is 0 Å². The summed E-state index contributed by atoms with van der Waals surface area (Å²) in [6.07, 6.45) is 0.